The third-order valence-corrected chi connectivity index (χ3v) is 3.19. The summed E-state index contributed by atoms with van der Waals surface area (Å²) in [4.78, 5) is 11.1. The smallest absolute Gasteiger partial charge is 0.471 e. The molecule has 0 saturated carbocycles. The van der Waals surface area contributed by atoms with E-state index in [2.05, 4.69) is 0 Å². The molecule has 116 valence electrons. The van der Waals surface area contributed by atoms with Crippen molar-refractivity contribution in [1.29, 1.82) is 0 Å². The monoisotopic (exact) mass is 303 g/mol. The van der Waals surface area contributed by atoms with Crippen LogP contribution in [0.25, 0.3) is 0 Å². The van der Waals surface area contributed by atoms with E-state index in [0.717, 1.165) is 0 Å². The first-order chi connectivity index (χ1) is 9.68. The molecule has 1 aliphatic carbocycles. The van der Waals surface area contributed by atoms with Crippen LogP contribution in [-0.2, 0) is 4.79 Å². The molecule has 21 heavy (non-hydrogen) atoms. The summed E-state index contributed by atoms with van der Waals surface area (Å²) in [5.74, 6) is -1.52. The van der Waals surface area contributed by atoms with Gasteiger partial charge in [0.1, 0.15) is 5.75 Å². The largest absolute Gasteiger partial charge is 0.491 e. The average molecular weight is 303 g/mol. The number of carbonyl (C=O) groups is 1. The molecule has 1 aliphatic rings. The van der Waals surface area contributed by atoms with Crippen molar-refractivity contribution < 1.29 is 27.8 Å². The SMILES string of the molecule is CC(C)Oc1ccc2c(c1)C(NC(=O)C(F)(F)F)CC2O. The zero-order valence-corrected chi connectivity index (χ0v) is 11.6. The lowest BCUT2D eigenvalue weighted by Gasteiger charge is -2.16. The summed E-state index contributed by atoms with van der Waals surface area (Å²) >= 11 is 0. The van der Waals surface area contributed by atoms with Crippen LogP contribution in [0.15, 0.2) is 18.2 Å². The maximum Gasteiger partial charge on any atom is 0.471 e. The van der Waals surface area contributed by atoms with Crippen molar-refractivity contribution in [2.45, 2.75) is 44.7 Å². The van der Waals surface area contributed by atoms with E-state index < -0.39 is 24.2 Å². The minimum Gasteiger partial charge on any atom is -0.491 e. The summed E-state index contributed by atoms with van der Waals surface area (Å²) in [5, 5.41) is 11.8. The number of hydrogen-bond donors (Lipinski definition) is 2. The molecule has 1 aromatic rings. The summed E-state index contributed by atoms with van der Waals surface area (Å²) in [5.41, 5.74) is 0.969. The van der Waals surface area contributed by atoms with Crippen molar-refractivity contribution in [3.63, 3.8) is 0 Å². The molecule has 1 amide bonds. The Bertz CT molecular complexity index is 543. The van der Waals surface area contributed by atoms with E-state index in [9.17, 15) is 23.1 Å². The fourth-order valence-corrected chi connectivity index (χ4v) is 2.36. The van der Waals surface area contributed by atoms with Gasteiger partial charge in [0.15, 0.2) is 0 Å². The number of ether oxygens (including phenoxy) is 1. The molecular formula is C14H16F3NO3. The number of halogens is 3. The number of nitrogens with one attached hydrogen (secondary N) is 1. The molecule has 0 fully saturated rings. The molecule has 0 heterocycles. The molecule has 2 unspecified atom stereocenters. The summed E-state index contributed by atoms with van der Waals surface area (Å²) in [6.45, 7) is 3.65. The van der Waals surface area contributed by atoms with Crippen molar-refractivity contribution >= 4 is 5.91 Å². The van der Waals surface area contributed by atoms with E-state index in [1.165, 1.54) is 0 Å². The highest BCUT2D eigenvalue weighted by Crippen LogP contribution is 2.40. The van der Waals surface area contributed by atoms with E-state index in [-0.39, 0.29) is 12.5 Å². The molecule has 7 heteroatoms. The quantitative estimate of drug-likeness (QED) is 0.902. The number of carbonyl (C=O) groups excluding carboxylic acids is 1. The molecule has 1 aromatic carbocycles. The van der Waals surface area contributed by atoms with Crippen LogP contribution in [0.5, 0.6) is 5.75 Å². The molecule has 0 saturated heterocycles. The van der Waals surface area contributed by atoms with Gasteiger partial charge in [-0.3, -0.25) is 4.79 Å². The zero-order valence-electron chi connectivity index (χ0n) is 11.6. The lowest BCUT2D eigenvalue weighted by atomic mass is 10.1. The molecular weight excluding hydrogens is 287 g/mol. The molecule has 0 aromatic heterocycles. The van der Waals surface area contributed by atoms with Gasteiger partial charge in [0.2, 0.25) is 0 Å². The lowest BCUT2D eigenvalue weighted by molar-refractivity contribution is -0.174. The maximum atomic E-state index is 12.3. The van der Waals surface area contributed by atoms with Crippen LogP contribution in [-0.4, -0.2) is 23.3 Å². The number of aliphatic hydroxyl groups excluding tert-OH is 1. The van der Waals surface area contributed by atoms with Crippen LogP contribution in [0.4, 0.5) is 13.2 Å². The van der Waals surface area contributed by atoms with Gasteiger partial charge in [-0.25, -0.2) is 0 Å². The summed E-state index contributed by atoms with van der Waals surface area (Å²) < 4.78 is 42.5. The number of alkyl halides is 3. The van der Waals surface area contributed by atoms with Crippen LogP contribution >= 0.6 is 0 Å². The lowest BCUT2D eigenvalue weighted by Crippen LogP contribution is -2.38. The predicted octanol–water partition coefficient (Wildman–Crippen LogP) is 2.63. The maximum absolute atomic E-state index is 12.3. The first-order valence-electron chi connectivity index (χ1n) is 6.54. The van der Waals surface area contributed by atoms with Gasteiger partial charge < -0.3 is 15.2 Å². The van der Waals surface area contributed by atoms with Crippen LogP contribution in [0.3, 0.4) is 0 Å². The highest BCUT2D eigenvalue weighted by atomic mass is 19.4. The fraction of sp³-hybridized carbons (Fsp3) is 0.500. The second-order valence-electron chi connectivity index (χ2n) is 5.23. The van der Waals surface area contributed by atoms with Crippen LogP contribution in [0.1, 0.15) is 43.5 Å². The Morgan fingerprint density at radius 2 is 2.05 bits per heavy atom. The van der Waals surface area contributed by atoms with E-state index in [0.29, 0.717) is 16.9 Å². The Hall–Kier alpha value is -1.76. The number of fused-ring (bicyclic) bond motifs is 1. The minimum absolute atomic E-state index is 0.0162. The molecule has 0 spiro atoms. The van der Waals surface area contributed by atoms with Gasteiger partial charge in [0.05, 0.1) is 18.2 Å². The third kappa shape index (κ3) is 3.47. The highest BCUT2D eigenvalue weighted by molar-refractivity contribution is 5.82. The van der Waals surface area contributed by atoms with Gasteiger partial charge in [-0.05, 0) is 37.1 Å². The van der Waals surface area contributed by atoms with Gasteiger partial charge in [0.25, 0.3) is 0 Å². The highest BCUT2D eigenvalue weighted by Gasteiger charge is 2.42. The van der Waals surface area contributed by atoms with Crippen molar-refractivity contribution in [1.82, 2.24) is 5.32 Å². The minimum atomic E-state index is -4.94. The van der Waals surface area contributed by atoms with Crippen LogP contribution in [0.2, 0.25) is 0 Å². The Kier molecular flexibility index (Phi) is 4.13. The van der Waals surface area contributed by atoms with Crippen molar-refractivity contribution in [3.8, 4) is 5.75 Å². The normalized spacial score (nSPS) is 21.3. The second-order valence-corrected chi connectivity index (χ2v) is 5.23. The Morgan fingerprint density at radius 1 is 1.38 bits per heavy atom. The average Bonchev–Trinajstić information content (AvgIpc) is 2.64. The van der Waals surface area contributed by atoms with Crippen molar-refractivity contribution in [2.24, 2.45) is 0 Å². The molecule has 0 radical (unpaired) electrons. The fourth-order valence-electron chi connectivity index (χ4n) is 2.36. The number of rotatable bonds is 3. The molecule has 2 atom stereocenters. The molecule has 0 bridgehead atoms. The predicted molar refractivity (Wildman–Crippen MR) is 68.7 cm³/mol. The van der Waals surface area contributed by atoms with Gasteiger partial charge in [-0.2, -0.15) is 13.2 Å². The van der Waals surface area contributed by atoms with Gasteiger partial charge >= 0.3 is 12.1 Å². The van der Waals surface area contributed by atoms with Crippen molar-refractivity contribution in [3.05, 3.63) is 29.3 Å². The van der Waals surface area contributed by atoms with E-state index >= 15 is 0 Å². The first-order valence-corrected chi connectivity index (χ1v) is 6.54. The van der Waals surface area contributed by atoms with E-state index in [1.807, 2.05) is 19.2 Å². The molecule has 2 N–H and O–H groups in total. The zero-order chi connectivity index (χ0) is 15.8. The number of benzene rings is 1. The van der Waals surface area contributed by atoms with Gasteiger partial charge in [-0.15, -0.1) is 0 Å². The van der Waals surface area contributed by atoms with Crippen LogP contribution in [0, 0.1) is 0 Å². The van der Waals surface area contributed by atoms with E-state index in [1.54, 1.807) is 18.2 Å². The van der Waals surface area contributed by atoms with Gasteiger partial charge in [0, 0.05) is 6.42 Å². The Balaban J connectivity index is 2.24. The van der Waals surface area contributed by atoms with Crippen LogP contribution < -0.4 is 10.1 Å². The standard InChI is InChI=1S/C14H16F3NO3/c1-7(2)21-8-3-4-9-10(5-8)11(6-12(9)19)18-13(20)14(15,16)17/h3-5,7,11-12,19H,6H2,1-2H3,(H,18,20). The topological polar surface area (TPSA) is 58.6 Å². The summed E-state index contributed by atoms with van der Waals surface area (Å²) in [7, 11) is 0. The third-order valence-electron chi connectivity index (χ3n) is 3.19. The summed E-state index contributed by atoms with van der Waals surface area (Å²) in [6.07, 6.45) is -5.91. The Labute approximate surface area is 119 Å². The second kappa shape index (κ2) is 5.55. The number of hydrogen-bond acceptors (Lipinski definition) is 3. The van der Waals surface area contributed by atoms with Gasteiger partial charge in [-0.1, -0.05) is 6.07 Å². The molecule has 4 nitrogen and oxygen atoms in total. The first kappa shape index (κ1) is 15.6. The number of amides is 1. The Morgan fingerprint density at radius 3 is 2.62 bits per heavy atom. The van der Waals surface area contributed by atoms with Crippen molar-refractivity contribution in [2.75, 3.05) is 0 Å². The number of aliphatic hydroxyl groups is 1. The summed E-state index contributed by atoms with van der Waals surface area (Å²) in [6, 6.07) is 3.94. The molecule has 0 aliphatic heterocycles. The van der Waals surface area contributed by atoms with E-state index in [4.69, 9.17) is 4.74 Å². The molecule has 2 rings (SSSR count).